The third-order valence-electron chi connectivity index (χ3n) is 3.45. The summed E-state index contributed by atoms with van der Waals surface area (Å²) in [6, 6.07) is 15.6. The molecule has 0 aromatic heterocycles. The Bertz CT molecular complexity index is 677. The van der Waals surface area contributed by atoms with E-state index in [0.717, 1.165) is 11.3 Å². The zero-order valence-corrected chi connectivity index (χ0v) is 14.7. The van der Waals surface area contributed by atoms with Crippen molar-refractivity contribution in [3.05, 3.63) is 59.7 Å². The molecule has 0 aliphatic carbocycles. The molecule has 3 nitrogen and oxygen atoms in total. The quantitative estimate of drug-likeness (QED) is 0.641. The van der Waals surface area contributed by atoms with Gasteiger partial charge in [-0.05, 0) is 29.2 Å². The lowest BCUT2D eigenvalue weighted by molar-refractivity contribution is 0.214. The molecule has 2 aromatic carbocycles. The van der Waals surface area contributed by atoms with Crippen LogP contribution < -0.4 is 15.2 Å². The van der Waals surface area contributed by atoms with Crippen molar-refractivity contribution in [2.24, 2.45) is 5.73 Å². The summed E-state index contributed by atoms with van der Waals surface area (Å²) in [5, 5.41) is 0. The molecular formula is C19H23NO2S. The molecule has 0 fully saturated rings. The molecular weight excluding hydrogens is 306 g/mol. The Balaban J connectivity index is 1.96. The molecule has 4 heteroatoms. The lowest BCUT2D eigenvalue weighted by Gasteiger charge is -2.22. The van der Waals surface area contributed by atoms with Crippen molar-refractivity contribution < 1.29 is 9.47 Å². The van der Waals surface area contributed by atoms with Gasteiger partial charge in [-0.25, -0.2) is 0 Å². The molecule has 2 aromatic rings. The van der Waals surface area contributed by atoms with Crippen LogP contribution in [0.5, 0.6) is 11.5 Å². The fourth-order valence-electron chi connectivity index (χ4n) is 2.31. The van der Waals surface area contributed by atoms with Crippen LogP contribution in [0.2, 0.25) is 0 Å². The molecule has 2 rings (SSSR count). The Hall–Kier alpha value is -2.07. The van der Waals surface area contributed by atoms with Gasteiger partial charge in [-0.3, -0.25) is 0 Å². The number of thiocarbonyl (C=S) groups is 1. The first kappa shape index (κ1) is 17.3. The van der Waals surface area contributed by atoms with E-state index in [1.165, 1.54) is 5.56 Å². The second-order valence-electron chi connectivity index (χ2n) is 6.30. The van der Waals surface area contributed by atoms with Crippen LogP contribution >= 0.6 is 12.2 Å². The van der Waals surface area contributed by atoms with Crippen LogP contribution in [-0.4, -0.2) is 18.2 Å². The first-order valence-corrected chi connectivity index (χ1v) is 8.04. The molecule has 23 heavy (non-hydrogen) atoms. The van der Waals surface area contributed by atoms with Gasteiger partial charge in [-0.2, -0.15) is 0 Å². The third-order valence-corrected chi connectivity index (χ3v) is 3.67. The van der Waals surface area contributed by atoms with Gasteiger partial charge >= 0.3 is 0 Å². The predicted octanol–water partition coefficient (Wildman–Crippen LogP) is 4.08. The summed E-state index contributed by atoms with van der Waals surface area (Å²) in [5.41, 5.74) is 7.67. The molecule has 0 heterocycles. The third kappa shape index (κ3) is 4.70. The van der Waals surface area contributed by atoms with Gasteiger partial charge in [0.15, 0.2) is 0 Å². The summed E-state index contributed by atoms with van der Waals surface area (Å²) in [7, 11) is 0. The molecule has 2 N–H and O–H groups in total. The van der Waals surface area contributed by atoms with E-state index in [-0.39, 0.29) is 5.41 Å². The Labute approximate surface area is 143 Å². The smallest absolute Gasteiger partial charge is 0.129 e. The molecule has 122 valence electrons. The number of rotatable bonds is 6. The van der Waals surface area contributed by atoms with Crippen molar-refractivity contribution in [2.45, 2.75) is 26.2 Å². The highest BCUT2D eigenvalue weighted by molar-refractivity contribution is 7.80. The summed E-state index contributed by atoms with van der Waals surface area (Å²) < 4.78 is 11.6. The van der Waals surface area contributed by atoms with Crippen molar-refractivity contribution >= 4 is 17.2 Å². The van der Waals surface area contributed by atoms with Crippen LogP contribution in [0.25, 0.3) is 0 Å². The Morgan fingerprint density at radius 3 is 2.04 bits per heavy atom. The van der Waals surface area contributed by atoms with Gasteiger partial charge < -0.3 is 15.2 Å². The van der Waals surface area contributed by atoms with Crippen LogP contribution in [0.3, 0.4) is 0 Å². The topological polar surface area (TPSA) is 44.5 Å². The molecule has 0 amide bonds. The Morgan fingerprint density at radius 1 is 0.913 bits per heavy atom. The zero-order chi connectivity index (χ0) is 16.9. The summed E-state index contributed by atoms with van der Waals surface area (Å²) in [4.78, 5) is 0.333. The summed E-state index contributed by atoms with van der Waals surface area (Å²) >= 11 is 5.03. The van der Waals surface area contributed by atoms with Crippen LogP contribution in [-0.2, 0) is 5.41 Å². The van der Waals surface area contributed by atoms with E-state index in [4.69, 9.17) is 27.4 Å². The molecule has 0 saturated carbocycles. The minimum atomic E-state index is 0.0375. The Kier molecular flexibility index (Phi) is 5.61. The van der Waals surface area contributed by atoms with Gasteiger partial charge in [0, 0.05) is 0 Å². The van der Waals surface area contributed by atoms with Crippen molar-refractivity contribution in [2.75, 3.05) is 13.2 Å². The van der Waals surface area contributed by atoms with Crippen LogP contribution in [0.15, 0.2) is 48.5 Å². The van der Waals surface area contributed by atoms with Crippen LogP contribution in [0, 0.1) is 0 Å². The summed E-state index contributed by atoms with van der Waals surface area (Å²) in [5.74, 6) is 1.58. The number of ether oxygens (including phenoxy) is 2. The number of benzene rings is 2. The predicted molar refractivity (Wildman–Crippen MR) is 98.5 cm³/mol. The number of nitrogens with two attached hydrogens (primary N) is 1. The van der Waals surface area contributed by atoms with Crippen molar-refractivity contribution in [3.63, 3.8) is 0 Å². The van der Waals surface area contributed by atoms with Gasteiger partial charge in [-0.1, -0.05) is 63.3 Å². The van der Waals surface area contributed by atoms with E-state index < -0.39 is 0 Å². The van der Waals surface area contributed by atoms with Crippen molar-refractivity contribution in [1.82, 2.24) is 0 Å². The van der Waals surface area contributed by atoms with Crippen LogP contribution in [0.4, 0.5) is 0 Å². The zero-order valence-electron chi connectivity index (χ0n) is 13.8. The molecule has 0 atom stereocenters. The lowest BCUT2D eigenvalue weighted by Crippen LogP contribution is -2.17. The maximum absolute atomic E-state index is 5.90. The molecule has 0 aliphatic heterocycles. The van der Waals surface area contributed by atoms with E-state index in [0.29, 0.717) is 24.0 Å². The largest absolute Gasteiger partial charge is 0.490 e. The second kappa shape index (κ2) is 7.47. The van der Waals surface area contributed by atoms with E-state index in [1.54, 1.807) is 0 Å². The molecule has 0 bridgehead atoms. The maximum Gasteiger partial charge on any atom is 0.129 e. The number of para-hydroxylation sites is 2. The van der Waals surface area contributed by atoms with Crippen molar-refractivity contribution in [1.29, 1.82) is 0 Å². The molecule has 0 spiro atoms. The minimum Gasteiger partial charge on any atom is -0.490 e. The minimum absolute atomic E-state index is 0.0375. The second-order valence-corrected chi connectivity index (χ2v) is 6.74. The van der Waals surface area contributed by atoms with E-state index in [1.807, 2.05) is 42.5 Å². The maximum atomic E-state index is 5.90. The van der Waals surface area contributed by atoms with Gasteiger partial charge in [-0.15, -0.1) is 0 Å². The fourth-order valence-corrected chi connectivity index (χ4v) is 2.48. The van der Waals surface area contributed by atoms with Gasteiger partial charge in [0.25, 0.3) is 0 Å². The van der Waals surface area contributed by atoms with Gasteiger partial charge in [0.1, 0.15) is 29.7 Å². The molecule has 0 unspecified atom stereocenters. The Morgan fingerprint density at radius 2 is 1.43 bits per heavy atom. The van der Waals surface area contributed by atoms with Gasteiger partial charge in [0.2, 0.25) is 0 Å². The highest BCUT2D eigenvalue weighted by Crippen LogP contribution is 2.30. The monoisotopic (exact) mass is 329 g/mol. The van der Waals surface area contributed by atoms with Gasteiger partial charge in [0.05, 0.1) is 5.56 Å². The van der Waals surface area contributed by atoms with E-state index in [2.05, 4.69) is 26.8 Å². The average molecular weight is 329 g/mol. The molecule has 0 radical (unpaired) electrons. The highest BCUT2D eigenvalue weighted by Gasteiger charge is 2.18. The molecule has 0 saturated heterocycles. The summed E-state index contributed by atoms with van der Waals surface area (Å²) in [6.07, 6.45) is 0. The molecule has 0 aliphatic rings. The average Bonchev–Trinajstić information content (AvgIpc) is 2.51. The standard InChI is InChI=1S/C19H23NO2S/c1-19(2,3)15-9-5-7-11-17(15)22-13-12-21-16-10-6-4-8-14(16)18(20)23/h4-11H,12-13H2,1-3H3,(H2,20,23). The van der Waals surface area contributed by atoms with Crippen LogP contribution in [0.1, 0.15) is 31.9 Å². The first-order chi connectivity index (χ1) is 10.9. The normalized spacial score (nSPS) is 11.1. The summed E-state index contributed by atoms with van der Waals surface area (Å²) in [6.45, 7) is 7.40. The number of hydrogen-bond donors (Lipinski definition) is 1. The fraction of sp³-hybridized carbons (Fsp3) is 0.316. The van der Waals surface area contributed by atoms with E-state index >= 15 is 0 Å². The number of hydrogen-bond acceptors (Lipinski definition) is 3. The first-order valence-electron chi connectivity index (χ1n) is 7.63. The SMILES string of the molecule is CC(C)(C)c1ccccc1OCCOc1ccccc1C(N)=S. The van der Waals surface area contributed by atoms with E-state index in [9.17, 15) is 0 Å². The lowest BCUT2D eigenvalue weighted by atomic mass is 9.86. The van der Waals surface area contributed by atoms with Crippen molar-refractivity contribution in [3.8, 4) is 11.5 Å². The highest BCUT2D eigenvalue weighted by atomic mass is 32.1.